The Morgan fingerprint density at radius 2 is 1.49 bits per heavy atom. The summed E-state index contributed by atoms with van der Waals surface area (Å²) in [7, 11) is 2.49. The lowest BCUT2D eigenvalue weighted by molar-refractivity contribution is -0.137. The number of esters is 2. The maximum atomic E-state index is 13.0. The summed E-state index contributed by atoms with van der Waals surface area (Å²) < 4.78 is 15.8. The molecule has 0 aromatic heterocycles. The molecule has 1 atom stereocenters. The van der Waals surface area contributed by atoms with Gasteiger partial charge < -0.3 is 19.5 Å². The second-order valence-corrected chi connectivity index (χ2v) is 8.76. The minimum absolute atomic E-state index is 0.0223. The number of carbonyl (C=O) groups excluding carboxylic acids is 4. The zero-order valence-electron chi connectivity index (χ0n) is 20.5. The highest BCUT2D eigenvalue weighted by Crippen LogP contribution is 2.41. The Bertz CT molecular complexity index is 1310. The minimum Gasteiger partial charge on any atom is -0.466 e. The van der Waals surface area contributed by atoms with Gasteiger partial charge in [-0.3, -0.25) is 14.5 Å². The molecule has 0 radical (unpaired) electrons. The van der Waals surface area contributed by atoms with Gasteiger partial charge in [-0.05, 0) is 30.7 Å². The molecule has 0 fully saturated rings. The predicted molar refractivity (Wildman–Crippen MR) is 134 cm³/mol. The highest BCUT2D eigenvalue weighted by molar-refractivity contribution is 6.31. The molecule has 0 bridgehead atoms. The fourth-order valence-corrected chi connectivity index (χ4v) is 4.78. The van der Waals surface area contributed by atoms with Crippen molar-refractivity contribution in [3.05, 3.63) is 92.8 Å². The van der Waals surface area contributed by atoms with E-state index in [0.717, 1.165) is 4.90 Å². The zero-order chi connectivity index (χ0) is 26.7. The predicted octanol–water partition coefficient (Wildman–Crippen LogP) is 3.21. The Balaban J connectivity index is 1.59. The number of hydrogen-bond donors (Lipinski definition) is 1. The molecule has 2 aromatic carbocycles. The molecule has 0 saturated heterocycles. The van der Waals surface area contributed by atoms with Crippen molar-refractivity contribution in [2.75, 3.05) is 34.0 Å². The molecule has 0 unspecified atom stereocenters. The standard InChI is InChI=1S/C27H25ClN2O7/c1-15-21(26(33)35-2)22(18-10-6-7-11-19(18)28)23(27(34)36-3)20(29-15)14-37-13-12-30-24(31)16-8-4-5-9-17(16)25(30)32/h4-11,22,29H,12-14H2,1-3H3/t22-/m0/s1. The minimum atomic E-state index is -0.871. The van der Waals surface area contributed by atoms with Crippen LogP contribution in [0.25, 0.3) is 0 Å². The van der Waals surface area contributed by atoms with Crippen molar-refractivity contribution in [3.63, 3.8) is 0 Å². The molecule has 2 aliphatic rings. The lowest BCUT2D eigenvalue weighted by atomic mass is 9.80. The van der Waals surface area contributed by atoms with E-state index in [1.165, 1.54) is 14.2 Å². The van der Waals surface area contributed by atoms with Crippen LogP contribution in [-0.4, -0.2) is 62.6 Å². The van der Waals surface area contributed by atoms with Crippen molar-refractivity contribution < 1.29 is 33.4 Å². The van der Waals surface area contributed by atoms with Crippen molar-refractivity contribution in [2.24, 2.45) is 0 Å². The smallest absolute Gasteiger partial charge is 0.336 e. The number of carbonyl (C=O) groups is 4. The molecule has 2 aromatic rings. The number of dihydropyridines is 1. The molecule has 10 heteroatoms. The first-order chi connectivity index (χ1) is 17.8. The number of methoxy groups -OCH3 is 2. The third-order valence-electron chi connectivity index (χ3n) is 6.26. The number of hydrogen-bond acceptors (Lipinski definition) is 8. The monoisotopic (exact) mass is 524 g/mol. The van der Waals surface area contributed by atoms with Crippen LogP contribution in [0.1, 0.15) is 39.1 Å². The molecule has 9 nitrogen and oxygen atoms in total. The fraction of sp³-hybridized carbons (Fsp3) is 0.259. The Morgan fingerprint density at radius 3 is 2.08 bits per heavy atom. The molecular formula is C27H25ClN2O7. The summed E-state index contributed by atoms with van der Waals surface area (Å²) in [4.78, 5) is 52.1. The molecule has 192 valence electrons. The molecular weight excluding hydrogens is 500 g/mol. The van der Waals surface area contributed by atoms with Crippen LogP contribution in [0.3, 0.4) is 0 Å². The van der Waals surface area contributed by atoms with Crippen molar-refractivity contribution in [2.45, 2.75) is 12.8 Å². The third-order valence-corrected chi connectivity index (χ3v) is 6.60. The van der Waals surface area contributed by atoms with Gasteiger partial charge in [-0.25, -0.2) is 9.59 Å². The number of halogens is 1. The van der Waals surface area contributed by atoms with E-state index in [-0.39, 0.29) is 42.7 Å². The highest BCUT2D eigenvalue weighted by atomic mass is 35.5. The van der Waals surface area contributed by atoms with Gasteiger partial charge in [0.2, 0.25) is 0 Å². The van der Waals surface area contributed by atoms with Crippen molar-refractivity contribution >= 4 is 35.4 Å². The first-order valence-electron chi connectivity index (χ1n) is 11.4. The number of nitrogens with zero attached hydrogens (tertiary/aromatic N) is 1. The molecule has 0 spiro atoms. The van der Waals surface area contributed by atoms with Gasteiger partial charge in [0, 0.05) is 10.7 Å². The van der Waals surface area contributed by atoms with Crippen LogP contribution < -0.4 is 5.32 Å². The van der Waals surface area contributed by atoms with Crippen LogP contribution >= 0.6 is 11.6 Å². The number of imide groups is 1. The van der Waals surface area contributed by atoms with Crippen molar-refractivity contribution in [1.82, 2.24) is 10.2 Å². The molecule has 2 aliphatic heterocycles. The van der Waals surface area contributed by atoms with E-state index in [2.05, 4.69) is 5.32 Å². The maximum absolute atomic E-state index is 13.0. The van der Waals surface area contributed by atoms with Crippen LogP contribution in [0.5, 0.6) is 0 Å². The number of allylic oxidation sites excluding steroid dienone is 1. The van der Waals surface area contributed by atoms with Gasteiger partial charge in [0.05, 0.1) is 67.9 Å². The van der Waals surface area contributed by atoms with Crippen LogP contribution in [0.15, 0.2) is 71.1 Å². The van der Waals surface area contributed by atoms with E-state index in [1.54, 1.807) is 55.5 Å². The van der Waals surface area contributed by atoms with Crippen LogP contribution in [0, 0.1) is 0 Å². The van der Waals surface area contributed by atoms with E-state index in [1.807, 2.05) is 0 Å². The molecule has 4 rings (SSSR count). The second-order valence-electron chi connectivity index (χ2n) is 8.35. The summed E-state index contributed by atoms with van der Waals surface area (Å²) in [5.41, 5.74) is 2.42. The van der Waals surface area contributed by atoms with Gasteiger partial charge in [-0.15, -0.1) is 0 Å². The molecule has 37 heavy (non-hydrogen) atoms. The molecule has 2 amide bonds. The van der Waals surface area contributed by atoms with Crippen molar-refractivity contribution in [1.29, 1.82) is 0 Å². The number of fused-ring (bicyclic) bond motifs is 1. The van der Waals surface area contributed by atoms with E-state index in [9.17, 15) is 19.2 Å². The summed E-state index contributed by atoms with van der Waals surface area (Å²) >= 11 is 6.47. The Morgan fingerprint density at radius 1 is 0.919 bits per heavy atom. The quantitative estimate of drug-likeness (QED) is 0.318. The van der Waals surface area contributed by atoms with E-state index >= 15 is 0 Å². The summed E-state index contributed by atoms with van der Waals surface area (Å²) in [6.07, 6.45) is 0. The zero-order valence-corrected chi connectivity index (χ0v) is 21.3. The Labute approximate surface area is 218 Å². The van der Waals surface area contributed by atoms with E-state index < -0.39 is 17.9 Å². The van der Waals surface area contributed by atoms with Gasteiger partial charge in [-0.2, -0.15) is 0 Å². The van der Waals surface area contributed by atoms with Gasteiger partial charge in [0.1, 0.15) is 0 Å². The van der Waals surface area contributed by atoms with Gasteiger partial charge in [-0.1, -0.05) is 41.9 Å². The van der Waals surface area contributed by atoms with Crippen LogP contribution in [-0.2, 0) is 23.8 Å². The SMILES string of the molecule is COC(=O)C1=C(C)NC(COCCN2C(=O)c3ccccc3C2=O)=C(C(=O)OC)[C@H]1c1ccccc1Cl. The second kappa shape index (κ2) is 11.0. The summed E-state index contributed by atoms with van der Waals surface area (Å²) in [6.45, 7) is 1.65. The topological polar surface area (TPSA) is 111 Å². The lowest BCUT2D eigenvalue weighted by Crippen LogP contribution is -2.36. The number of rotatable bonds is 8. The fourth-order valence-electron chi connectivity index (χ4n) is 4.53. The number of benzene rings is 2. The molecule has 1 N–H and O–H groups in total. The lowest BCUT2D eigenvalue weighted by Gasteiger charge is -2.31. The third kappa shape index (κ3) is 4.87. The summed E-state index contributed by atoms with van der Waals surface area (Å²) in [5.74, 6) is -2.93. The van der Waals surface area contributed by atoms with E-state index in [4.69, 9.17) is 25.8 Å². The first kappa shape index (κ1) is 26.1. The van der Waals surface area contributed by atoms with Crippen LogP contribution in [0.2, 0.25) is 5.02 Å². The molecule has 0 saturated carbocycles. The number of amides is 2. The van der Waals surface area contributed by atoms with E-state index in [0.29, 0.717) is 33.1 Å². The average molecular weight is 525 g/mol. The first-order valence-corrected chi connectivity index (χ1v) is 11.8. The summed E-state index contributed by atoms with van der Waals surface area (Å²) in [5, 5.41) is 3.43. The largest absolute Gasteiger partial charge is 0.466 e. The molecule has 0 aliphatic carbocycles. The Kier molecular flexibility index (Phi) is 7.75. The number of ether oxygens (including phenoxy) is 3. The van der Waals surface area contributed by atoms with Gasteiger partial charge in [0.15, 0.2) is 0 Å². The van der Waals surface area contributed by atoms with Gasteiger partial charge >= 0.3 is 11.9 Å². The average Bonchev–Trinajstić information content (AvgIpc) is 3.15. The van der Waals surface area contributed by atoms with Gasteiger partial charge in [0.25, 0.3) is 11.8 Å². The molecule has 2 heterocycles. The number of nitrogens with one attached hydrogen (secondary N) is 1. The Hall–Kier alpha value is -3.95. The van der Waals surface area contributed by atoms with Crippen LogP contribution in [0.4, 0.5) is 0 Å². The van der Waals surface area contributed by atoms with Crippen molar-refractivity contribution in [3.8, 4) is 0 Å². The normalized spacial score (nSPS) is 17.1. The summed E-state index contributed by atoms with van der Waals surface area (Å²) in [6, 6.07) is 13.5. The maximum Gasteiger partial charge on any atom is 0.336 e. The highest BCUT2D eigenvalue weighted by Gasteiger charge is 2.40.